The third-order valence-corrected chi connectivity index (χ3v) is 3.42. The van der Waals surface area contributed by atoms with E-state index in [1.54, 1.807) is 18.4 Å². The van der Waals surface area contributed by atoms with Gasteiger partial charge in [0.25, 0.3) is 0 Å². The molecule has 0 fully saturated rings. The Morgan fingerprint density at radius 3 is 2.79 bits per heavy atom. The van der Waals surface area contributed by atoms with Crippen molar-refractivity contribution in [1.82, 2.24) is 4.90 Å². The molecule has 19 heavy (non-hydrogen) atoms. The molecule has 0 aliphatic carbocycles. The van der Waals surface area contributed by atoms with E-state index in [2.05, 4.69) is 21.7 Å². The summed E-state index contributed by atoms with van der Waals surface area (Å²) in [6.45, 7) is 7.25. The number of thiophene rings is 1. The molecule has 1 atom stereocenters. The lowest BCUT2D eigenvalue weighted by Gasteiger charge is -2.24. The molecule has 4 nitrogen and oxygen atoms in total. The van der Waals surface area contributed by atoms with Crippen LogP contribution >= 0.6 is 11.3 Å². The van der Waals surface area contributed by atoms with Gasteiger partial charge in [0.1, 0.15) is 0 Å². The molecular formula is C14H25NO3S. The van der Waals surface area contributed by atoms with Gasteiger partial charge in [-0.2, -0.15) is 11.3 Å². The Morgan fingerprint density at radius 2 is 2.21 bits per heavy atom. The molecule has 0 aliphatic heterocycles. The minimum atomic E-state index is -0.460. The number of ether oxygens (including phenoxy) is 2. The van der Waals surface area contributed by atoms with Gasteiger partial charge in [-0.3, -0.25) is 4.90 Å². The summed E-state index contributed by atoms with van der Waals surface area (Å²) in [5.74, 6) is 0. The van der Waals surface area contributed by atoms with Crippen molar-refractivity contribution in [3.8, 4) is 0 Å². The monoisotopic (exact) mass is 287 g/mol. The van der Waals surface area contributed by atoms with Gasteiger partial charge in [-0.25, -0.2) is 0 Å². The Hall–Kier alpha value is -0.460. The topological polar surface area (TPSA) is 41.9 Å². The zero-order valence-electron chi connectivity index (χ0n) is 12.0. The van der Waals surface area contributed by atoms with Crippen LogP contribution in [-0.2, 0) is 16.0 Å². The highest BCUT2D eigenvalue weighted by atomic mass is 32.1. The first-order valence-electron chi connectivity index (χ1n) is 6.64. The number of rotatable bonds is 10. The van der Waals surface area contributed by atoms with Gasteiger partial charge in [-0.15, -0.1) is 0 Å². The van der Waals surface area contributed by atoms with Crippen LogP contribution in [0.25, 0.3) is 0 Å². The second-order valence-electron chi connectivity index (χ2n) is 4.90. The number of hydrogen-bond donors (Lipinski definition) is 1. The van der Waals surface area contributed by atoms with Crippen LogP contribution in [-0.4, -0.2) is 55.6 Å². The molecule has 0 aliphatic rings. The minimum Gasteiger partial charge on any atom is -0.389 e. The highest BCUT2D eigenvalue weighted by molar-refractivity contribution is 7.07. The fourth-order valence-corrected chi connectivity index (χ4v) is 2.41. The second kappa shape index (κ2) is 9.44. The van der Waals surface area contributed by atoms with Gasteiger partial charge in [0.05, 0.1) is 25.4 Å². The summed E-state index contributed by atoms with van der Waals surface area (Å²) in [7, 11) is 1.70. The Balaban J connectivity index is 2.39. The Labute approximate surface area is 120 Å². The maximum absolute atomic E-state index is 9.99. The highest BCUT2D eigenvalue weighted by Crippen LogP contribution is 2.10. The van der Waals surface area contributed by atoms with Crippen molar-refractivity contribution in [1.29, 1.82) is 0 Å². The Bertz CT molecular complexity index is 317. The number of nitrogens with zero attached hydrogens (tertiary/aromatic N) is 1. The maximum Gasteiger partial charge on any atom is 0.0900 e. The average Bonchev–Trinajstić information content (AvgIpc) is 2.86. The molecule has 0 saturated heterocycles. The minimum absolute atomic E-state index is 0.152. The van der Waals surface area contributed by atoms with Gasteiger partial charge >= 0.3 is 0 Å². The van der Waals surface area contributed by atoms with Gasteiger partial charge in [-0.05, 0) is 36.2 Å². The van der Waals surface area contributed by atoms with E-state index < -0.39 is 6.10 Å². The van der Waals surface area contributed by atoms with Crippen LogP contribution in [0.4, 0.5) is 0 Å². The molecule has 0 aromatic carbocycles. The predicted octanol–water partition coefficient (Wildman–Crippen LogP) is 1.98. The highest BCUT2D eigenvalue weighted by Gasteiger charge is 2.13. The summed E-state index contributed by atoms with van der Waals surface area (Å²) >= 11 is 1.69. The second-order valence-corrected chi connectivity index (χ2v) is 5.68. The third-order valence-electron chi connectivity index (χ3n) is 2.69. The number of hydrogen-bond acceptors (Lipinski definition) is 5. The molecule has 0 spiro atoms. The first kappa shape index (κ1) is 16.6. The first-order valence-corrected chi connectivity index (χ1v) is 7.58. The molecule has 5 heteroatoms. The lowest BCUT2D eigenvalue weighted by Crippen LogP contribution is -2.36. The van der Waals surface area contributed by atoms with Gasteiger partial charge in [0.15, 0.2) is 0 Å². The average molecular weight is 287 g/mol. The molecule has 0 amide bonds. The lowest BCUT2D eigenvalue weighted by atomic mass is 10.2. The zero-order valence-corrected chi connectivity index (χ0v) is 12.9. The van der Waals surface area contributed by atoms with Crippen molar-refractivity contribution in [2.45, 2.75) is 32.6 Å². The van der Waals surface area contributed by atoms with E-state index in [4.69, 9.17) is 9.47 Å². The van der Waals surface area contributed by atoms with E-state index >= 15 is 0 Å². The molecule has 0 saturated carbocycles. The molecule has 0 radical (unpaired) electrons. The molecule has 1 aromatic heterocycles. The molecular weight excluding hydrogens is 262 g/mol. The van der Waals surface area contributed by atoms with Crippen molar-refractivity contribution in [3.63, 3.8) is 0 Å². The van der Waals surface area contributed by atoms with Crippen LogP contribution in [0.5, 0.6) is 0 Å². The summed E-state index contributed by atoms with van der Waals surface area (Å²) in [5, 5.41) is 14.2. The Morgan fingerprint density at radius 1 is 1.42 bits per heavy atom. The van der Waals surface area contributed by atoms with E-state index in [-0.39, 0.29) is 6.10 Å². The van der Waals surface area contributed by atoms with Crippen LogP contribution < -0.4 is 0 Å². The summed E-state index contributed by atoms with van der Waals surface area (Å²) in [6.07, 6.45) is -0.308. The van der Waals surface area contributed by atoms with Gasteiger partial charge in [0, 0.05) is 26.7 Å². The van der Waals surface area contributed by atoms with Gasteiger partial charge < -0.3 is 14.6 Å². The van der Waals surface area contributed by atoms with E-state index in [9.17, 15) is 5.11 Å². The molecule has 0 bridgehead atoms. The number of aliphatic hydroxyl groups is 1. The molecule has 1 aromatic rings. The molecule has 1 rings (SSSR count). The SMILES string of the molecule is COCCN(Cc1ccsc1)C[C@H](O)COC(C)C. The summed E-state index contributed by atoms with van der Waals surface area (Å²) in [4.78, 5) is 2.19. The van der Waals surface area contributed by atoms with Crippen LogP contribution in [0.1, 0.15) is 19.4 Å². The van der Waals surface area contributed by atoms with E-state index in [0.29, 0.717) is 19.8 Å². The van der Waals surface area contributed by atoms with E-state index in [1.807, 2.05) is 13.8 Å². The Kier molecular flexibility index (Phi) is 8.25. The standard InChI is InChI=1S/C14H25NO3S/c1-12(2)18-10-14(16)9-15(5-6-17-3)8-13-4-7-19-11-13/h4,7,11-12,14,16H,5-6,8-10H2,1-3H3/t14-/m0/s1. The van der Waals surface area contributed by atoms with Crippen LogP contribution in [0.3, 0.4) is 0 Å². The van der Waals surface area contributed by atoms with Crippen molar-refractivity contribution < 1.29 is 14.6 Å². The van der Waals surface area contributed by atoms with E-state index in [0.717, 1.165) is 13.1 Å². The third kappa shape index (κ3) is 7.64. The summed E-state index contributed by atoms with van der Waals surface area (Å²) in [5.41, 5.74) is 1.28. The number of aliphatic hydroxyl groups excluding tert-OH is 1. The largest absolute Gasteiger partial charge is 0.389 e. The van der Waals surface area contributed by atoms with Gasteiger partial charge in [0.2, 0.25) is 0 Å². The molecule has 0 unspecified atom stereocenters. The quantitative estimate of drug-likeness (QED) is 0.714. The lowest BCUT2D eigenvalue weighted by molar-refractivity contribution is -0.0121. The van der Waals surface area contributed by atoms with Crippen LogP contribution in [0.15, 0.2) is 16.8 Å². The molecule has 1 heterocycles. The number of methoxy groups -OCH3 is 1. The fraction of sp³-hybridized carbons (Fsp3) is 0.714. The summed E-state index contributed by atoms with van der Waals surface area (Å²) < 4.78 is 10.6. The zero-order chi connectivity index (χ0) is 14.1. The van der Waals surface area contributed by atoms with Crippen LogP contribution in [0, 0.1) is 0 Å². The van der Waals surface area contributed by atoms with Crippen molar-refractivity contribution in [3.05, 3.63) is 22.4 Å². The van der Waals surface area contributed by atoms with Crippen LogP contribution in [0.2, 0.25) is 0 Å². The van der Waals surface area contributed by atoms with Crippen molar-refractivity contribution in [2.75, 3.05) is 33.4 Å². The van der Waals surface area contributed by atoms with Crippen molar-refractivity contribution >= 4 is 11.3 Å². The normalized spacial score (nSPS) is 13.4. The predicted molar refractivity (Wildman–Crippen MR) is 78.6 cm³/mol. The maximum atomic E-state index is 9.99. The smallest absolute Gasteiger partial charge is 0.0900 e. The molecule has 1 N–H and O–H groups in total. The first-order chi connectivity index (χ1) is 9.11. The summed E-state index contributed by atoms with van der Waals surface area (Å²) in [6, 6.07) is 2.11. The van der Waals surface area contributed by atoms with E-state index in [1.165, 1.54) is 5.56 Å². The molecule has 110 valence electrons. The van der Waals surface area contributed by atoms with Crippen molar-refractivity contribution in [2.24, 2.45) is 0 Å². The van der Waals surface area contributed by atoms with Gasteiger partial charge in [-0.1, -0.05) is 0 Å². The fourth-order valence-electron chi connectivity index (χ4n) is 1.75.